The van der Waals surface area contributed by atoms with E-state index >= 15 is 0 Å². The van der Waals surface area contributed by atoms with Crippen molar-refractivity contribution in [2.45, 2.75) is 38.5 Å². The fourth-order valence-electron chi connectivity index (χ4n) is 8.58. The first kappa shape index (κ1) is 32.7. The predicted molar refractivity (Wildman–Crippen MR) is 226 cm³/mol. The van der Waals surface area contributed by atoms with Crippen molar-refractivity contribution in [1.82, 2.24) is 0 Å². The summed E-state index contributed by atoms with van der Waals surface area (Å²) in [5, 5.41) is 2.62. The molecule has 256 valence electrons. The second-order valence-electron chi connectivity index (χ2n) is 15.4. The molecule has 0 aromatic heterocycles. The first-order valence-corrected chi connectivity index (χ1v) is 18.7. The molecule has 0 amide bonds. The summed E-state index contributed by atoms with van der Waals surface area (Å²) in [7, 11) is 0. The molecule has 8 aromatic rings. The van der Waals surface area contributed by atoms with Crippen molar-refractivity contribution in [2.24, 2.45) is 0 Å². The largest absolute Gasteiger partial charge is 0.310 e. The highest BCUT2D eigenvalue weighted by Crippen LogP contribution is 2.56. The summed E-state index contributed by atoms with van der Waals surface area (Å²) in [5.41, 5.74) is 16.1. The minimum Gasteiger partial charge on any atom is -0.310 e. The van der Waals surface area contributed by atoms with E-state index in [1.54, 1.807) is 0 Å². The summed E-state index contributed by atoms with van der Waals surface area (Å²) < 4.78 is 0. The molecule has 0 N–H and O–H groups in total. The fourth-order valence-corrected chi connectivity index (χ4v) is 8.58. The smallest absolute Gasteiger partial charge is 0.0543 e. The molecule has 0 spiro atoms. The predicted octanol–water partition coefficient (Wildman–Crippen LogP) is 14.3. The number of hydrogen-bond acceptors (Lipinski definition) is 1. The fraction of sp³-hybridized carbons (Fsp3) is 0.115. The van der Waals surface area contributed by atoms with Gasteiger partial charge in [-0.15, -0.1) is 0 Å². The first-order valence-electron chi connectivity index (χ1n) is 18.7. The minimum atomic E-state index is -0.143. The van der Waals surface area contributed by atoms with Crippen LogP contribution in [0.3, 0.4) is 0 Å². The Morgan fingerprint density at radius 2 is 0.943 bits per heavy atom. The van der Waals surface area contributed by atoms with Gasteiger partial charge >= 0.3 is 0 Å². The van der Waals surface area contributed by atoms with Crippen LogP contribution >= 0.6 is 0 Å². The maximum atomic E-state index is 2.45. The molecule has 9 rings (SSSR count). The number of rotatable bonds is 7. The van der Waals surface area contributed by atoms with Crippen molar-refractivity contribution in [3.63, 3.8) is 0 Å². The molecule has 0 heterocycles. The van der Waals surface area contributed by atoms with Crippen LogP contribution in [0.25, 0.3) is 44.2 Å². The number of fused-ring (bicyclic) bond motifs is 5. The molecule has 1 heteroatoms. The molecule has 0 bridgehead atoms. The monoisotopic (exact) mass is 681 g/mol. The highest BCUT2D eigenvalue weighted by Gasteiger charge is 2.39. The van der Waals surface area contributed by atoms with Crippen LogP contribution in [-0.4, -0.2) is 0 Å². The lowest BCUT2D eigenvalue weighted by Crippen LogP contribution is -2.18. The molecule has 1 nitrogen and oxygen atoms in total. The summed E-state index contributed by atoms with van der Waals surface area (Å²) in [6.07, 6.45) is 0. The Bertz CT molecular complexity index is 2560. The van der Waals surface area contributed by atoms with Crippen molar-refractivity contribution in [1.29, 1.82) is 0 Å². The molecule has 0 aliphatic heterocycles. The van der Waals surface area contributed by atoms with Gasteiger partial charge < -0.3 is 4.90 Å². The molecule has 53 heavy (non-hydrogen) atoms. The Balaban J connectivity index is 1.15. The zero-order valence-electron chi connectivity index (χ0n) is 30.8. The van der Waals surface area contributed by atoms with Gasteiger partial charge in [0.05, 0.1) is 5.69 Å². The average molecular weight is 682 g/mol. The van der Waals surface area contributed by atoms with E-state index in [1.165, 1.54) is 72.1 Å². The topological polar surface area (TPSA) is 3.24 Å². The van der Waals surface area contributed by atoms with Crippen molar-refractivity contribution in [3.05, 3.63) is 210 Å². The van der Waals surface area contributed by atoms with Gasteiger partial charge in [0.1, 0.15) is 0 Å². The highest BCUT2D eigenvalue weighted by atomic mass is 15.1. The molecular weight excluding hydrogens is 639 g/mol. The lowest BCUT2D eigenvalue weighted by Gasteiger charge is -2.29. The van der Waals surface area contributed by atoms with E-state index in [9.17, 15) is 0 Å². The summed E-state index contributed by atoms with van der Waals surface area (Å²) in [5.74, 6) is 0. The molecule has 8 aromatic carbocycles. The third kappa shape index (κ3) is 5.56. The normalized spacial score (nSPS) is 13.1. The van der Waals surface area contributed by atoms with E-state index in [1.807, 2.05) is 0 Å². The van der Waals surface area contributed by atoms with Gasteiger partial charge in [-0.05, 0) is 91.2 Å². The zero-order valence-corrected chi connectivity index (χ0v) is 30.8. The summed E-state index contributed by atoms with van der Waals surface area (Å²) in [6, 6.07) is 69.0. The number of nitrogens with zero attached hydrogens (tertiary/aromatic N) is 1. The maximum absolute atomic E-state index is 2.45. The van der Waals surface area contributed by atoms with Gasteiger partial charge in [0.2, 0.25) is 0 Å². The van der Waals surface area contributed by atoms with Gasteiger partial charge in [-0.1, -0.05) is 185 Å². The van der Waals surface area contributed by atoms with Crippen LogP contribution in [0.1, 0.15) is 49.9 Å². The van der Waals surface area contributed by atoms with Crippen LogP contribution in [0.15, 0.2) is 188 Å². The lowest BCUT2D eigenvalue weighted by molar-refractivity contribution is 0.641. The van der Waals surface area contributed by atoms with E-state index in [4.69, 9.17) is 0 Å². The Morgan fingerprint density at radius 1 is 0.434 bits per heavy atom. The van der Waals surface area contributed by atoms with E-state index in [2.05, 4.69) is 221 Å². The first-order chi connectivity index (χ1) is 25.8. The summed E-state index contributed by atoms with van der Waals surface area (Å²) in [6.45, 7) is 9.37. The molecule has 0 saturated heterocycles. The molecule has 0 fully saturated rings. The quantitative estimate of drug-likeness (QED) is 0.162. The van der Waals surface area contributed by atoms with E-state index < -0.39 is 0 Å². The molecule has 1 aliphatic carbocycles. The Hall–Kier alpha value is -6.18. The van der Waals surface area contributed by atoms with Gasteiger partial charge in [-0.3, -0.25) is 0 Å². The minimum absolute atomic E-state index is 0.0738. The third-order valence-corrected chi connectivity index (χ3v) is 11.6. The maximum Gasteiger partial charge on any atom is 0.0543 e. The molecule has 0 unspecified atom stereocenters. The summed E-state index contributed by atoms with van der Waals surface area (Å²) in [4.78, 5) is 2.45. The van der Waals surface area contributed by atoms with Crippen molar-refractivity contribution in [3.8, 4) is 33.4 Å². The molecule has 0 saturated carbocycles. The third-order valence-electron chi connectivity index (χ3n) is 11.6. The average Bonchev–Trinajstić information content (AvgIpc) is 3.46. The molecule has 1 aliphatic rings. The highest BCUT2D eigenvalue weighted by molar-refractivity contribution is 6.02. The van der Waals surface area contributed by atoms with Crippen LogP contribution in [0.4, 0.5) is 17.1 Å². The van der Waals surface area contributed by atoms with Gasteiger partial charge in [0.25, 0.3) is 0 Å². The van der Waals surface area contributed by atoms with Crippen LogP contribution < -0.4 is 4.90 Å². The zero-order chi connectivity index (χ0) is 36.2. The van der Waals surface area contributed by atoms with Gasteiger partial charge in [-0.2, -0.15) is 0 Å². The summed E-state index contributed by atoms with van der Waals surface area (Å²) >= 11 is 0. The van der Waals surface area contributed by atoms with Crippen molar-refractivity contribution < 1.29 is 0 Å². The van der Waals surface area contributed by atoms with Crippen LogP contribution in [-0.2, 0) is 10.8 Å². The van der Waals surface area contributed by atoms with E-state index in [0.717, 1.165) is 11.4 Å². The Labute approximate surface area is 313 Å². The molecular formula is C52H43N. The Morgan fingerprint density at radius 3 is 1.57 bits per heavy atom. The van der Waals surface area contributed by atoms with Crippen molar-refractivity contribution >= 4 is 27.8 Å². The number of anilines is 3. The van der Waals surface area contributed by atoms with Crippen LogP contribution in [0.5, 0.6) is 0 Å². The number of hydrogen-bond donors (Lipinski definition) is 0. The molecule has 0 atom stereocenters. The second kappa shape index (κ2) is 12.8. The Kier molecular flexibility index (Phi) is 7.90. The lowest BCUT2D eigenvalue weighted by atomic mass is 9.78. The van der Waals surface area contributed by atoms with Gasteiger partial charge in [0.15, 0.2) is 0 Å². The standard InChI is InChI=1S/C52H43N/c1-51(2,41-17-9-6-10-18-41)42-29-22-37(23-30-42)39-26-33-44(34-27-39)53(43-31-24-38(25-32-43)36-14-7-5-8-15-36)48-21-13-20-47-49(48)46-35-28-40-16-11-12-19-45(40)50(46)52(47,3)4/h5-35H,1-4H3. The second-order valence-corrected chi connectivity index (χ2v) is 15.4. The van der Waals surface area contributed by atoms with E-state index in [-0.39, 0.29) is 10.8 Å². The molecule has 0 radical (unpaired) electrons. The van der Waals surface area contributed by atoms with Gasteiger partial charge in [-0.25, -0.2) is 0 Å². The van der Waals surface area contributed by atoms with Gasteiger partial charge in [0, 0.05) is 27.8 Å². The van der Waals surface area contributed by atoms with Crippen molar-refractivity contribution in [2.75, 3.05) is 4.90 Å². The van der Waals surface area contributed by atoms with Crippen LogP contribution in [0, 0.1) is 0 Å². The number of benzene rings is 8. The van der Waals surface area contributed by atoms with E-state index in [0.29, 0.717) is 0 Å². The van der Waals surface area contributed by atoms with Crippen LogP contribution in [0.2, 0.25) is 0 Å². The SMILES string of the molecule is CC(C)(c1ccccc1)c1ccc(-c2ccc(N(c3ccc(-c4ccccc4)cc3)c3cccc4c3-c3ccc5ccccc5c3C4(C)C)cc2)cc1.